The van der Waals surface area contributed by atoms with Gasteiger partial charge in [-0.3, -0.25) is 4.79 Å². The summed E-state index contributed by atoms with van der Waals surface area (Å²) in [6, 6.07) is 15.7. The van der Waals surface area contributed by atoms with E-state index in [-0.39, 0.29) is 5.91 Å². The lowest BCUT2D eigenvalue weighted by molar-refractivity contribution is -0.122. The van der Waals surface area contributed by atoms with Crippen molar-refractivity contribution in [2.75, 3.05) is 5.32 Å². The number of rotatable bonds is 3. The third kappa shape index (κ3) is 2.43. The lowest BCUT2D eigenvalue weighted by Gasteiger charge is -2.19. The zero-order valence-electron chi connectivity index (χ0n) is 11.1. The van der Waals surface area contributed by atoms with Crippen LogP contribution in [0.3, 0.4) is 0 Å². The molecule has 3 nitrogen and oxygen atoms in total. The highest BCUT2D eigenvalue weighted by Crippen LogP contribution is 2.27. The Morgan fingerprint density at radius 2 is 1.95 bits per heavy atom. The zero-order chi connectivity index (χ0) is 13.9. The number of hydrogen-bond donors (Lipinski definition) is 1. The van der Waals surface area contributed by atoms with Crippen LogP contribution in [-0.2, 0) is 4.79 Å². The van der Waals surface area contributed by atoms with Crippen LogP contribution >= 0.6 is 0 Å². The van der Waals surface area contributed by atoms with Crippen molar-refractivity contribution in [2.45, 2.75) is 20.3 Å². The van der Waals surface area contributed by atoms with Gasteiger partial charge in [0, 0.05) is 11.1 Å². The molecule has 0 aliphatic heterocycles. The van der Waals surface area contributed by atoms with Gasteiger partial charge in [-0.15, -0.1) is 0 Å². The van der Waals surface area contributed by atoms with E-state index in [2.05, 4.69) is 11.4 Å². The Morgan fingerprint density at radius 1 is 1.26 bits per heavy atom. The van der Waals surface area contributed by atoms with Gasteiger partial charge in [-0.05, 0) is 24.8 Å². The number of anilines is 1. The number of nitrogens with zero attached hydrogens (tertiary/aromatic N) is 1. The van der Waals surface area contributed by atoms with E-state index in [9.17, 15) is 4.79 Å². The number of nitrogens with one attached hydrogen (secondary N) is 1. The van der Waals surface area contributed by atoms with E-state index in [0.717, 1.165) is 16.5 Å². The van der Waals surface area contributed by atoms with Gasteiger partial charge < -0.3 is 5.32 Å². The second kappa shape index (κ2) is 5.11. The fraction of sp³-hybridized carbons (Fsp3) is 0.250. The van der Waals surface area contributed by atoms with Crippen molar-refractivity contribution in [1.29, 1.82) is 5.26 Å². The average molecular weight is 252 g/mol. The molecule has 3 heteroatoms. The van der Waals surface area contributed by atoms with Crippen LogP contribution in [-0.4, -0.2) is 5.91 Å². The maximum Gasteiger partial charge on any atom is 0.244 e. The van der Waals surface area contributed by atoms with Crippen LogP contribution in [0.2, 0.25) is 0 Å². The standard InChI is InChI=1S/C16H16N2O/c1-3-16(2,11-17)15(19)18-14-10-6-8-12-7-4-5-9-13(12)14/h4-10H,3H2,1-2H3,(H,18,19). The first-order valence-corrected chi connectivity index (χ1v) is 6.31. The van der Waals surface area contributed by atoms with Gasteiger partial charge in [-0.25, -0.2) is 0 Å². The number of nitriles is 1. The van der Waals surface area contributed by atoms with Crippen LogP contribution in [0.1, 0.15) is 20.3 Å². The highest BCUT2D eigenvalue weighted by Gasteiger charge is 2.31. The molecule has 2 aromatic carbocycles. The number of fused-ring (bicyclic) bond motifs is 1. The molecule has 2 rings (SSSR count). The minimum absolute atomic E-state index is 0.256. The summed E-state index contributed by atoms with van der Waals surface area (Å²) in [6.45, 7) is 3.50. The fourth-order valence-electron chi connectivity index (χ4n) is 1.89. The van der Waals surface area contributed by atoms with Crippen LogP contribution < -0.4 is 5.32 Å². The van der Waals surface area contributed by atoms with E-state index in [1.807, 2.05) is 49.4 Å². The fourth-order valence-corrected chi connectivity index (χ4v) is 1.89. The van der Waals surface area contributed by atoms with E-state index in [4.69, 9.17) is 5.26 Å². The number of carbonyl (C=O) groups is 1. The van der Waals surface area contributed by atoms with Crippen LogP contribution in [0.15, 0.2) is 42.5 Å². The third-order valence-corrected chi connectivity index (χ3v) is 3.49. The van der Waals surface area contributed by atoms with E-state index in [1.54, 1.807) is 6.92 Å². The predicted octanol–water partition coefficient (Wildman–Crippen LogP) is 3.72. The molecule has 0 fully saturated rings. The van der Waals surface area contributed by atoms with E-state index in [0.29, 0.717) is 6.42 Å². The molecule has 1 N–H and O–H groups in total. The van der Waals surface area contributed by atoms with Crippen LogP contribution in [0, 0.1) is 16.7 Å². The predicted molar refractivity (Wildman–Crippen MR) is 76.6 cm³/mol. The molecular weight excluding hydrogens is 236 g/mol. The van der Waals surface area contributed by atoms with Crippen molar-refractivity contribution in [1.82, 2.24) is 0 Å². The van der Waals surface area contributed by atoms with Crippen molar-refractivity contribution < 1.29 is 4.79 Å². The molecule has 96 valence electrons. The number of benzene rings is 2. The maximum atomic E-state index is 12.2. The van der Waals surface area contributed by atoms with Crippen molar-refractivity contribution >= 4 is 22.4 Å². The summed E-state index contributed by atoms with van der Waals surface area (Å²) >= 11 is 0. The molecule has 0 aromatic heterocycles. The monoisotopic (exact) mass is 252 g/mol. The summed E-state index contributed by atoms with van der Waals surface area (Å²) < 4.78 is 0. The molecule has 0 spiro atoms. The number of amides is 1. The Balaban J connectivity index is 2.38. The molecule has 0 aliphatic carbocycles. The largest absolute Gasteiger partial charge is 0.324 e. The number of hydrogen-bond acceptors (Lipinski definition) is 2. The first-order chi connectivity index (χ1) is 9.10. The molecule has 0 heterocycles. The molecule has 0 saturated carbocycles. The smallest absolute Gasteiger partial charge is 0.244 e. The quantitative estimate of drug-likeness (QED) is 0.905. The second-order valence-corrected chi connectivity index (χ2v) is 4.78. The molecule has 1 atom stereocenters. The highest BCUT2D eigenvalue weighted by molar-refractivity contribution is 6.04. The van der Waals surface area contributed by atoms with Crippen LogP contribution in [0.25, 0.3) is 10.8 Å². The summed E-state index contributed by atoms with van der Waals surface area (Å²) in [7, 11) is 0. The normalized spacial score (nSPS) is 13.5. The van der Waals surface area contributed by atoms with Crippen LogP contribution in [0.5, 0.6) is 0 Å². The molecular formula is C16H16N2O. The van der Waals surface area contributed by atoms with Gasteiger partial charge in [-0.2, -0.15) is 5.26 Å². The van der Waals surface area contributed by atoms with Crippen molar-refractivity contribution in [3.8, 4) is 6.07 Å². The van der Waals surface area contributed by atoms with E-state index in [1.165, 1.54) is 0 Å². The summed E-state index contributed by atoms with van der Waals surface area (Å²) in [5.74, 6) is -0.256. The SMILES string of the molecule is CCC(C)(C#N)C(=O)Nc1cccc2ccccc12. The topological polar surface area (TPSA) is 52.9 Å². The van der Waals surface area contributed by atoms with Crippen molar-refractivity contribution in [3.05, 3.63) is 42.5 Å². The molecule has 1 amide bonds. The first-order valence-electron chi connectivity index (χ1n) is 6.31. The molecule has 1 unspecified atom stereocenters. The van der Waals surface area contributed by atoms with Crippen molar-refractivity contribution in [2.24, 2.45) is 5.41 Å². The summed E-state index contributed by atoms with van der Waals surface area (Å²) in [5, 5.41) is 14.0. The van der Waals surface area contributed by atoms with Crippen molar-refractivity contribution in [3.63, 3.8) is 0 Å². The summed E-state index contributed by atoms with van der Waals surface area (Å²) in [5.41, 5.74) is -0.241. The van der Waals surface area contributed by atoms with E-state index >= 15 is 0 Å². The maximum absolute atomic E-state index is 12.2. The summed E-state index contributed by atoms with van der Waals surface area (Å²) in [4.78, 5) is 12.2. The Bertz CT molecular complexity index is 652. The van der Waals surface area contributed by atoms with Gasteiger partial charge in [-0.1, -0.05) is 43.3 Å². The van der Waals surface area contributed by atoms with Gasteiger partial charge >= 0.3 is 0 Å². The van der Waals surface area contributed by atoms with Gasteiger partial charge in [0.05, 0.1) is 6.07 Å². The lowest BCUT2D eigenvalue weighted by atomic mass is 9.88. The summed E-state index contributed by atoms with van der Waals surface area (Å²) in [6.07, 6.45) is 0.486. The lowest BCUT2D eigenvalue weighted by Crippen LogP contribution is -2.31. The second-order valence-electron chi connectivity index (χ2n) is 4.78. The Labute approximate surface area is 112 Å². The van der Waals surface area contributed by atoms with Gasteiger partial charge in [0.15, 0.2) is 0 Å². The Kier molecular flexibility index (Phi) is 3.52. The molecule has 2 aromatic rings. The molecule has 19 heavy (non-hydrogen) atoms. The first kappa shape index (κ1) is 13.1. The molecule has 0 saturated heterocycles. The Morgan fingerprint density at radius 3 is 2.63 bits per heavy atom. The zero-order valence-corrected chi connectivity index (χ0v) is 11.1. The average Bonchev–Trinajstić information content (AvgIpc) is 2.46. The van der Waals surface area contributed by atoms with Crippen LogP contribution in [0.4, 0.5) is 5.69 Å². The van der Waals surface area contributed by atoms with E-state index < -0.39 is 5.41 Å². The van der Waals surface area contributed by atoms with Gasteiger partial charge in [0.25, 0.3) is 0 Å². The molecule has 0 aliphatic rings. The van der Waals surface area contributed by atoms with Gasteiger partial charge in [0.2, 0.25) is 5.91 Å². The minimum Gasteiger partial charge on any atom is -0.324 e. The Hall–Kier alpha value is -2.34. The molecule has 0 radical (unpaired) electrons. The third-order valence-electron chi connectivity index (χ3n) is 3.49. The minimum atomic E-state index is -0.989. The highest BCUT2D eigenvalue weighted by atomic mass is 16.2. The van der Waals surface area contributed by atoms with Gasteiger partial charge in [0.1, 0.15) is 5.41 Å². The molecule has 0 bridgehead atoms. The number of carbonyl (C=O) groups excluding carboxylic acids is 1.